The van der Waals surface area contributed by atoms with Gasteiger partial charge in [-0.2, -0.15) is 0 Å². The fourth-order valence-corrected chi connectivity index (χ4v) is 3.88. The Morgan fingerprint density at radius 3 is 2.67 bits per heavy atom. The predicted octanol–water partition coefficient (Wildman–Crippen LogP) is 4.92. The van der Waals surface area contributed by atoms with Crippen molar-refractivity contribution in [3.8, 4) is 5.75 Å². The summed E-state index contributed by atoms with van der Waals surface area (Å²) >= 11 is 0. The summed E-state index contributed by atoms with van der Waals surface area (Å²) in [4.78, 5) is 12.0. The largest absolute Gasteiger partial charge is 0.487 e. The number of hydrogen-bond acceptors (Lipinski definition) is 6. The number of ether oxygens (including phenoxy) is 1. The van der Waals surface area contributed by atoms with E-state index in [1.54, 1.807) is 6.26 Å². The molecule has 0 aliphatic rings. The van der Waals surface area contributed by atoms with Crippen LogP contribution in [-0.2, 0) is 25.9 Å². The van der Waals surface area contributed by atoms with Gasteiger partial charge in [-0.1, -0.05) is 42.0 Å². The smallest absolute Gasteiger partial charge is 0.218 e. The van der Waals surface area contributed by atoms with E-state index in [-0.39, 0.29) is 6.61 Å². The highest BCUT2D eigenvalue weighted by atomic mass is 16.5. The van der Waals surface area contributed by atoms with Gasteiger partial charge in [-0.15, -0.1) is 0 Å². The van der Waals surface area contributed by atoms with Gasteiger partial charge < -0.3 is 24.4 Å². The van der Waals surface area contributed by atoms with E-state index in [1.807, 2.05) is 42.6 Å². The normalized spacial score (nSPS) is 12.3. The highest BCUT2D eigenvalue weighted by Gasteiger charge is 2.08. The molecule has 7 nitrogen and oxygen atoms in total. The van der Waals surface area contributed by atoms with E-state index < -0.39 is 6.10 Å². The van der Waals surface area contributed by atoms with Gasteiger partial charge in [0, 0.05) is 18.7 Å². The van der Waals surface area contributed by atoms with E-state index in [0.29, 0.717) is 24.7 Å². The van der Waals surface area contributed by atoms with Crippen LogP contribution >= 0.6 is 0 Å². The molecule has 188 valence electrons. The van der Waals surface area contributed by atoms with E-state index in [0.717, 1.165) is 48.4 Å². The number of aryl methyl sites for hydroxylation is 3. The quantitative estimate of drug-likeness (QED) is 0.231. The molecule has 1 atom stereocenters. The zero-order chi connectivity index (χ0) is 25.2. The Kier molecular flexibility index (Phi) is 9.08. The zero-order valence-corrected chi connectivity index (χ0v) is 20.6. The number of nitrogens with zero attached hydrogens (tertiary/aromatic N) is 2. The molecule has 3 N–H and O–H groups in total. The number of rotatable bonds is 13. The van der Waals surface area contributed by atoms with Gasteiger partial charge >= 0.3 is 0 Å². The van der Waals surface area contributed by atoms with Crippen LogP contribution in [0, 0.1) is 6.92 Å². The molecule has 4 rings (SSSR count). The lowest BCUT2D eigenvalue weighted by Gasteiger charge is -2.06. The zero-order valence-electron chi connectivity index (χ0n) is 20.6. The van der Waals surface area contributed by atoms with Crippen LogP contribution in [0.5, 0.6) is 5.75 Å². The second kappa shape index (κ2) is 12.9. The van der Waals surface area contributed by atoms with Crippen molar-refractivity contribution in [1.82, 2.24) is 15.0 Å². The molecule has 0 bridgehead atoms. The third-order valence-corrected chi connectivity index (χ3v) is 5.81. The highest BCUT2D eigenvalue weighted by Crippen LogP contribution is 2.17. The van der Waals surface area contributed by atoms with Gasteiger partial charge in [-0.05, 0) is 61.9 Å². The molecule has 2 heterocycles. The van der Waals surface area contributed by atoms with E-state index in [1.165, 1.54) is 11.1 Å². The SMILES string of the molecule is Cc1cccc(/C=C/c2nc(COc3ccc(CCCCc4c[nH]c(CC(O)CO)n4)cc3)co2)c1. The number of aliphatic hydroxyl groups excluding tert-OH is 2. The minimum Gasteiger partial charge on any atom is -0.487 e. The molecule has 0 saturated heterocycles. The van der Waals surface area contributed by atoms with Gasteiger partial charge in [-0.25, -0.2) is 9.97 Å². The number of benzene rings is 2. The highest BCUT2D eigenvalue weighted by molar-refractivity contribution is 5.66. The molecule has 2 aromatic carbocycles. The maximum absolute atomic E-state index is 9.51. The molecule has 2 aromatic heterocycles. The molecule has 0 aliphatic heterocycles. The van der Waals surface area contributed by atoms with Crippen molar-refractivity contribution in [1.29, 1.82) is 0 Å². The first-order valence-electron chi connectivity index (χ1n) is 12.3. The van der Waals surface area contributed by atoms with Crippen molar-refractivity contribution in [2.75, 3.05) is 6.61 Å². The number of nitrogens with one attached hydrogen (secondary N) is 1. The Morgan fingerprint density at radius 1 is 1.03 bits per heavy atom. The molecule has 0 aliphatic carbocycles. The molecule has 0 spiro atoms. The minimum atomic E-state index is -0.768. The lowest BCUT2D eigenvalue weighted by atomic mass is 10.1. The van der Waals surface area contributed by atoms with Crippen LogP contribution in [0.3, 0.4) is 0 Å². The molecule has 1 unspecified atom stereocenters. The Morgan fingerprint density at radius 2 is 1.86 bits per heavy atom. The van der Waals surface area contributed by atoms with Crippen molar-refractivity contribution < 1.29 is 19.4 Å². The molecule has 0 fully saturated rings. The standard InChI is InChI=1S/C29H33N3O4/c1-21-5-4-7-23(15-21)11-14-29-32-25(20-36-29)19-35-27-12-9-22(10-13-27)6-2-3-8-24-17-30-28(31-24)16-26(34)18-33/h4-5,7,9-15,17,20,26,33-34H,2-3,6,8,16,18-19H2,1H3,(H,30,31)/b14-11+. The Bertz CT molecular complexity index is 1240. The first-order chi connectivity index (χ1) is 17.6. The van der Waals surface area contributed by atoms with Crippen LogP contribution in [0.1, 0.15) is 52.6 Å². The average Bonchev–Trinajstić information content (AvgIpc) is 3.54. The molecule has 36 heavy (non-hydrogen) atoms. The molecule has 0 radical (unpaired) electrons. The third kappa shape index (κ3) is 7.93. The maximum Gasteiger partial charge on any atom is 0.218 e. The Labute approximate surface area is 211 Å². The lowest BCUT2D eigenvalue weighted by molar-refractivity contribution is 0.0940. The van der Waals surface area contributed by atoms with Crippen molar-refractivity contribution in [3.63, 3.8) is 0 Å². The van der Waals surface area contributed by atoms with E-state index in [2.05, 4.69) is 46.1 Å². The topological polar surface area (TPSA) is 104 Å². The predicted molar refractivity (Wildman–Crippen MR) is 139 cm³/mol. The number of H-pyrrole nitrogens is 1. The monoisotopic (exact) mass is 487 g/mol. The number of oxazole rings is 1. The van der Waals surface area contributed by atoms with Crippen molar-refractivity contribution in [3.05, 3.63) is 101 Å². The van der Waals surface area contributed by atoms with Crippen LogP contribution in [-0.4, -0.2) is 37.9 Å². The van der Waals surface area contributed by atoms with Crippen molar-refractivity contribution in [2.45, 2.75) is 51.7 Å². The van der Waals surface area contributed by atoms with Gasteiger partial charge in [0.1, 0.15) is 30.1 Å². The number of hydrogen-bond donors (Lipinski definition) is 3. The third-order valence-electron chi connectivity index (χ3n) is 5.81. The van der Waals surface area contributed by atoms with Crippen LogP contribution in [0.4, 0.5) is 0 Å². The fraction of sp³-hybridized carbons (Fsp3) is 0.310. The van der Waals surface area contributed by atoms with E-state index >= 15 is 0 Å². The second-order valence-corrected chi connectivity index (χ2v) is 8.94. The summed E-state index contributed by atoms with van der Waals surface area (Å²) in [5.41, 5.74) is 5.32. The lowest BCUT2D eigenvalue weighted by Crippen LogP contribution is -2.15. The summed E-state index contributed by atoms with van der Waals surface area (Å²) < 4.78 is 11.4. The van der Waals surface area contributed by atoms with Crippen molar-refractivity contribution in [2.24, 2.45) is 0 Å². The summed E-state index contributed by atoms with van der Waals surface area (Å²) in [7, 11) is 0. The molecule has 0 amide bonds. The number of aliphatic hydroxyl groups is 2. The number of unbranched alkanes of at least 4 members (excludes halogenated alkanes) is 1. The molecular formula is C29H33N3O4. The average molecular weight is 488 g/mol. The van der Waals surface area contributed by atoms with Crippen LogP contribution in [0.25, 0.3) is 12.2 Å². The number of aromatic nitrogens is 3. The maximum atomic E-state index is 9.51. The Hall–Kier alpha value is -3.68. The van der Waals surface area contributed by atoms with Gasteiger partial charge in [0.2, 0.25) is 5.89 Å². The van der Waals surface area contributed by atoms with E-state index in [9.17, 15) is 5.11 Å². The first-order valence-corrected chi connectivity index (χ1v) is 12.3. The van der Waals surface area contributed by atoms with Crippen LogP contribution < -0.4 is 4.74 Å². The fourth-order valence-electron chi connectivity index (χ4n) is 3.88. The van der Waals surface area contributed by atoms with Gasteiger partial charge in [-0.3, -0.25) is 0 Å². The van der Waals surface area contributed by atoms with Gasteiger partial charge in [0.05, 0.1) is 18.4 Å². The van der Waals surface area contributed by atoms with Crippen LogP contribution in [0.15, 0.2) is 65.4 Å². The minimum absolute atomic E-state index is 0.256. The van der Waals surface area contributed by atoms with Crippen LogP contribution in [0.2, 0.25) is 0 Å². The molecule has 4 aromatic rings. The number of aromatic amines is 1. The number of imidazole rings is 1. The van der Waals surface area contributed by atoms with Gasteiger partial charge in [0.15, 0.2) is 0 Å². The Balaban J connectivity index is 1.16. The summed E-state index contributed by atoms with van der Waals surface area (Å²) in [6.07, 6.45) is 10.9. The first kappa shape index (κ1) is 25.4. The van der Waals surface area contributed by atoms with E-state index in [4.69, 9.17) is 14.3 Å². The second-order valence-electron chi connectivity index (χ2n) is 8.94. The molecular weight excluding hydrogens is 454 g/mol. The molecule has 0 saturated carbocycles. The summed E-state index contributed by atoms with van der Waals surface area (Å²) in [6, 6.07) is 16.4. The summed E-state index contributed by atoms with van der Waals surface area (Å²) in [5.74, 6) is 2.06. The summed E-state index contributed by atoms with van der Waals surface area (Å²) in [6.45, 7) is 2.16. The van der Waals surface area contributed by atoms with Gasteiger partial charge in [0.25, 0.3) is 0 Å². The van der Waals surface area contributed by atoms with Crippen molar-refractivity contribution >= 4 is 12.2 Å². The molecule has 7 heteroatoms. The summed E-state index contributed by atoms with van der Waals surface area (Å²) in [5, 5.41) is 18.4.